The van der Waals surface area contributed by atoms with Crippen molar-refractivity contribution in [1.82, 2.24) is 5.32 Å². The average Bonchev–Trinajstić information content (AvgIpc) is 2.51. The van der Waals surface area contributed by atoms with Crippen LogP contribution in [0.15, 0.2) is 41.0 Å². The number of halogens is 1. The molecule has 0 aromatic heterocycles. The highest BCUT2D eigenvalue weighted by molar-refractivity contribution is 6.30. The number of hydrogen-bond acceptors (Lipinski definition) is 4. The van der Waals surface area contributed by atoms with Gasteiger partial charge in [0.2, 0.25) is 0 Å². The molecule has 1 aromatic carbocycles. The number of hydrogen-bond donors (Lipinski definition) is 4. The van der Waals surface area contributed by atoms with E-state index in [-0.39, 0.29) is 23.6 Å². The maximum atomic E-state index is 11.6. The zero-order chi connectivity index (χ0) is 16.8. The lowest BCUT2D eigenvalue weighted by Gasteiger charge is -2.25. The molecule has 0 atom stereocenters. The van der Waals surface area contributed by atoms with Gasteiger partial charge in [-0.1, -0.05) is 11.6 Å². The number of amidine groups is 1. The van der Waals surface area contributed by atoms with Crippen LogP contribution in [0.3, 0.4) is 0 Å². The lowest BCUT2D eigenvalue weighted by molar-refractivity contribution is -0.114. The van der Waals surface area contributed by atoms with E-state index in [1.807, 2.05) is 0 Å². The van der Waals surface area contributed by atoms with Gasteiger partial charge in [-0.2, -0.15) is 0 Å². The van der Waals surface area contributed by atoms with Gasteiger partial charge in [-0.25, -0.2) is 4.99 Å². The number of nitrogens with one attached hydrogen (secondary N) is 1. The summed E-state index contributed by atoms with van der Waals surface area (Å²) in [7, 11) is 0. The van der Waals surface area contributed by atoms with E-state index in [0.717, 1.165) is 25.7 Å². The Morgan fingerprint density at radius 3 is 2.39 bits per heavy atom. The average molecular weight is 337 g/mol. The third-order valence-corrected chi connectivity index (χ3v) is 4.03. The van der Waals surface area contributed by atoms with Crippen LogP contribution in [0.5, 0.6) is 0 Å². The highest BCUT2D eigenvalue weighted by Gasteiger charge is 2.19. The molecule has 6 nitrogen and oxygen atoms in total. The Bertz CT molecular complexity index is 605. The summed E-state index contributed by atoms with van der Waals surface area (Å²) < 4.78 is 0. The van der Waals surface area contributed by atoms with Crippen LogP contribution in [0.1, 0.15) is 25.7 Å². The molecule has 1 saturated carbocycles. The molecule has 0 unspecified atom stereocenters. The number of amides is 1. The largest absolute Gasteiger partial charge is 0.393 e. The number of nitrogens with two attached hydrogens (primary N) is 2. The quantitative estimate of drug-likeness (QED) is 0.371. The molecule has 0 spiro atoms. The summed E-state index contributed by atoms with van der Waals surface area (Å²) in [6.45, 7) is 0. The van der Waals surface area contributed by atoms with E-state index in [1.165, 1.54) is 6.20 Å². The summed E-state index contributed by atoms with van der Waals surface area (Å²) in [4.78, 5) is 15.8. The summed E-state index contributed by atoms with van der Waals surface area (Å²) in [5.41, 5.74) is 12.0. The van der Waals surface area contributed by atoms with E-state index in [4.69, 9.17) is 23.1 Å². The Hall–Kier alpha value is -2.05. The second-order valence-electron chi connectivity index (χ2n) is 5.57. The lowest BCUT2D eigenvalue weighted by Crippen LogP contribution is -2.34. The number of primary amides is 1. The predicted molar refractivity (Wildman–Crippen MR) is 91.4 cm³/mol. The van der Waals surface area contributed by atoms with E-state index in [1.54, 1.807) is 24.3 Å². The molecule has 0 bridgehead atoms. The Morgan fingerprint density at radius 1 is 1.22 bits per heavy atom. The summed E-state index contributed by atoms with van der Waals surface area (Å²) in [5.74, 6) is -0.605. The SMILES string of the molecule is NC(=O)/C(=C/NC1CCC(O)CC1)C(N)=Nc1ccc(Cl)cc1. The van der Waals surface area contributed by atoms with Crippen LogP contribution in [0.4, 0.5) is 5.69 Å². The number of nitrogens with zero attached hydrogens (tertiary/aromatic N) is 1. The third-order valence-electron chi connectivity index (χ3n) is 3.78. The molecule has 0 radical (unpaired) electrons. The summed E-state index contributed by atoms with van der Waals surface area (Å²) in [5, 5.41) is 13.2. The number of carbonyl (C=O) groups is 1. The first-order valence-corrected chi connectivity index (χ1v) is 7.87. The van der Waals surface area contributed by atoms with Crippen molar-refractivity contribution in [3.63, 3.8) is 0 Å². The van der Waals surface area contributed by atoms with Crippen molar-refractivity contribution >= 4 is 29.0 Å². The first kappa shape index (κ1) is 17.3. The monoisotopic (exact) mass is 336 g/mol. The minimum absolute atomic E-state index is 0.0446. The van der Waals surface area contributed by atoms with Crippen LogP contribution in [-0.4, -0.2) is 29.0 Å². The van der Waals surface area contributed by atoms with Gasteiger partial charge in [-0.3, -0.25) is 4.79 Å². The first-order chi connectivity index (χ1) is 11.0. The molecule has 1 aromatic rings. The first-order valence-electron chi connectivity index (χ1n) is 7.50. The molecule has 1 amide bonds. The second kappa shape index (κ2) is 7.99. The maximum absolute atomic E-state index is 11.6. The number of aliphatic hydroxyl groups excluding tert-OH is 1. The topological polar surface area (TPSA) is 114 Å². The van der Waals surface area contributed by atoms with Crippen molar-refractivity contribution in [2.75, 3.05) is 0 Å². The van der Waals surface area contributed by atoms with Crippen molar-refractivity contribution in [3.8, 4) is 0 Å². The summed E-state index contributed by atoms with van der Waals surface area (Å²) >= 11 is 5.81. The fourth-order valence-corrected chi connectivity index (χ4v) is 2.56. The van der Waals surface area contributed by atoms with Gasteiger partial charge in [-0.05, 0) is 49.9 Å². The predicted octanol–water partition coefficient (Wildman–Crippen LogP) is 1.59. The standard InChI is InChI=1S/C16H21ClN4O2/c17-10-1-3-12(4-2-10)21-15(18)14(16(19)23)9-20-11-5-7-13(22)8-6-11/h1-4,9,11,13,20,22H,5-8H2,(H2,18,21)(H2,19,23)/b14-9+. The molecule has 124 valence electrons. The molecule has 0 saturated heterocycles. The van der Waals surface area contributed by atoms with Crippen LogP contribution in [0.25, 0.3) is 0 Å². The van der Waals surface area contributed by atoms with Crippen molar-refractivity contribution in [2.24, 2.45) is 16.5 Å². The molecule has 7 heteroatoms. The highest BCUT2D eigenvalue weighted by Crippen LogP contribution is 2.19. The second-order valence-corrected chi connectivity index (χ2v) is 6.00. The molecule has 0 aliphatic heterocycles. The molecular weight excluding hydrogens is 316 g/mol. The minimum Gasteiger partial charge on any atom is -0.393 e. The van der Waals surface area contributed by atoms with E-state index >= 15 is 0 Å². The van der Waals surface area contributed by atoms with Gasteiger partial charge in [-0.15, -0.1) is 0 Å². The molecule has 1 aliphatic rings. The number of carbonyl (C=O) groups excluding carboxylic acids is 1. The van der Waals surface area contributed by atoms with Gasteiger partial charge in [0, 0.05) is 17.3 Å². The molecule has 0 heterocycles. The van der Waals surface area contributed by atoms with Crippen molar-refractivity contribution in [3.05, 3.63) is 41.1 Å². The minimum atomic E-state index is -0.649. The molecule has 6 N–H and O–H groups in total. The number of aliphatic imine (C=N–C) groups is 1. The highest BCUT2D eigenvalue weighted by atomic mass is 35.5. The Morgan fingerprint density at radius 2 is 1.83 bits per heavy atom. The molecule has 1 aliphatic carbocycles. The Balaban J connectivity index is 2.09. The van der Waals surface area contributed by atoms with Crippen LogP contribution in [0.2, 0.25) is 5.02 Å². The van der Waals surface area contributed by atoms with Gasteiger partial charge in [0.1, 0.15) is 5.84 Å². The third kappa shape index (κ3) is 5.26. The van der Waals surface area contributed by atoms with E-state index in [9.17, 15) is 9.90 Å². The van der Waals surface area contributed by atoms with Crippen LogP contribution >= 0.6 is 11.6 Å². The Labute approximate surface area is 140 Å². The van der Waals surface area contributed by atoms with Gasteiger partial charge in [0.05, 0.1) is 17.4 Å². The van der Waals surface area contributed by atoms with Gasteiger partial charge in [0.25, 0.3) is 5.91 Å². The molecule has 23 heavy (non-hydrogen) atoms. The number of aliphatic hydroxyl groups is 1. The van der Waals surface area contributed by atoms with Crippen LogP contribution < -0.4 is 16.8 Å². The van der Waals surface area contributed by atoms with E-state index in [2.05, 4.69) is 10.3 Å². The fraction of sp³-hybridized carbons (Fsp3) is 0.375. The van der Waals surface area contributed by atoms with E-state index in [0.29, 0.717) is 10.7 Å². The molecular formula is C16H21ClN4O2. The number of rotatable bonds is 5. The smallest absolute Gasteiger partial charge is 0.253 e. The zero-order valence-electron chi connectivity index (χ0n) is 12.7. The van der Waals surface area contributed by atoms with Gasteiger partial charge < -0.3 is 21.9 Å². The summed E-state index contributed by atoms with van der Waals surface area (Å²) in [6.07, 6.45) is 4.43. The van der Waals surface area contributed by atoms with Crippen LogP contribution in [0, 0.1) is 0 Å². The van der Waals surface area contributed by atoms with Crippen molar-refractivity contribution < 1.29 is 9.90 Å². The summed E-state index contributed by atoms with van der Waals surface area (Å²) in [6, 6.07) is 6.96. The molecule has 2 rings (SSSR count). The molecule has 1 fully saturated rings. The van der Waals surface area contributed by atoms with Gasteiger partial charge in [0.15, 0.2) is 0 Å². The number of benzene rings is 1. The fourth-order valence-electron chi connectivity index (χ4n) is 2.43. The Kier molecular flexibility index (Phi) is 6.01. The zero-order valence-corrected chi connectivity index (χ0v) is 13.5. The van der Waals surface area contributed by atoms with Crippen molar-refractivity contribution in [2.45, 2.75) is 37.8 Å². The normalized spacial score (nSPS) is 22.7. The van der Waals surface area contributed by atoms with Gasteiger partial charge >= 0.3 is 0 Å². The van der Waals surface area contributed by atoms with E-state index < -0.39 is 5.91 Å². The van der Waals surface area contributed by atoms with Crippen molar-refractivity contribution in [1.29, 1.82) is 0 Å². The lowest BCUT2D eigenvalue weighted by atomic mass is 9.93. The maximum Gasteiger partial charge on any atom is 0.253 e. The van der Waals surface area contributed by atoms with Crippen LogP contribution in [-0.2, 0) is 4.79 Å².